The Labute approximate surface area is 143 Å². The molecule has 1 unspecified atom stereocenters. The van der Waals surface area contributed by atoms with Crippen LogP contribution in [0.5, 0.6) is 5.95 Å². The molecule has 0 aliphatic carbocycles. The van der Waals surface area contributed by atoms with E-state index in [0.29, 0.717) is 25.9 Å². The normalized spacial score (nSPS) is 17.7. The van der Waals surface area contributed by atoms with Crippen LogP contribution in [-0.4, -0.2) is 29.2 Å². The van der Waals surface area contributed by atoms with Crippen LogP contribution in [0.2, 0.25) is 0 Å². The van der Waals surface area contributed by atoms with Crippen LogP contribution in [0.3, 0.4) is 0 Å². The van der Waals surface area contributed by atoms with Gasteiger partial charge in [-0.2, -0.15) is 0 Å². The molecule has 0 N–H and O–H groups in total. The third-order valence-electron chi connectivity index (χ3n) is 4.52. The van der Waals surface area contributed by atoms with Gasteiger partial charge in [0, 0.05) is 18.7 Å². The first-order valence-electron chi connectivity index (χ1n) is 8.27. The molecular formula is C17H19F2N3O3. The van der Waals surface area contributed by atoms with Gasteiger partial charge in [-0.15, -0.1) is 0 Å². The number of aromatic nitrogens is 2. The Hall–Kier alpha value is -2.51. The summed E-state index contributed by atoms with van der Waals surface area (Å²) >= 11 is 0. The average molecular weight is 351 g/mol. The second-order valence-electron chi connectivity index (χ2n) is 6.31. The Morgan fingerprint density at radius 2 is 2.16 bits per heavy atom. The van der Waals surface area contributed by atoms with E-state index in [2.05, 4.69) is 9.79 Å². The van der Waals surface area contributed by atoms with Gasteiger partial charge in [-0.25, -0.2) is 8.78 Å². The third-order valence-corrected chi connectivity index (χ3v) is 4.52. The molecule has 8 heteroatoms. The van der Waals surface area contributed by atoms with Gasteiger partial charge in [-0.3, -0.25) is 4.79 Å². The predicted octanol–water partition coefficient (Wildman–Crippen LogP) is 1.19. The lowest BCUT2D eigenvalue weighted by molar-refractivity contribution is -0.751. The van der Waals surface area contributed by atoms with E-state index in [-0.39, 0.29) is 23.9 Å². The molecule has 0 bridgehead atoms. The van der Waals surface area contributed by atoms with Crippen molar-refractivity contribution >= 4 is 5.91 Å². The van der Waals surface area contributed by atoms with Crippen LogP contribution < -0.4 is 9.79 Å². The maximum Gasteiger partial charge on any atom is 0.291 e. The van der Waals surface area contributed by atoms with Gasteiger partial charge in [0.15, 0.2) is 0 Å². The summed E-state index contributed by atoms with van der Waals surface area (Å²) < 4.78 is 33.0. The highest BCUT2D eigenvalue weighted by molar-refractivity contribution is 5.74. The standard InChI is InChI=1S/C17H19F2N3O3/c18-14-4-1-5-15(19)13(14)7-6-12-3-2-8-21(9-12)16(23)10-22-11-17(24)25-20-22/h1,4-5,11-12H,2-3,6-10H2. The second-order valence-corrected chi connectivity index (χ2v) is 6.31. The first kappa shape index (κ1) is 17.3. The third kappa shape index (κ3) is 4.32. The maximum absolute atomic E-state index is 13.7. The van der Waals surface area contributed by atoms with Gasteiger partial charge < -0.3 is 14.5 Å². The summed E-state index contributed by atoms with van der Waals surface area (Å²) in [5, 5.41) is 14.4. The van der Waals surface area contributed by atoms with Crippen LogP contribution in [-0.2, 0) is 17.8 Å². The molecule has 25 heavy (non-hydrogen) atoms. The maximum atomic E-state index is 13.7. The molecular weight excluding hydrogens is 332 g/mol. The lowest BCUT2D eigenvalue weighted by atomic mass is 9.91. The zero-order valence-electron chi connectivity index (χ0n) is 13.7. The van der Waals surface area contributed by atoms with E-state index in [4.69, 9.17) is 0 Å². The zero-order chi connectivity index (χ0) is 17.8. The highest BCUT2D eigenvalue weighted by atomic mass is 19.1. The highest BCUT2D eigenvalue weighted by Gasteiger charge is 2.26. The van der Waals surface area contributed by atoms with E-state index in [1.165, 1.54) is 22.9 Å². The molecule has 0 saturated carbocycles. The first-order valence-corrected chi connectivity index (χ1v) is 8.27. The number of rotatable bonds is 5. The molecule has 2 heterocycles. The summed E-state index contributed by atoms with van der Waals surface area (Å²) in [5.41, 5.74) is 0.104. The van der Waals surface area contributed by atoms with Crippen molar-refractivity contribution in [1.82, 2.24) is 10.2 Å². The first-order chi connectivity index (χ1) is 12.0. The lowest BCUT2D eigenvalue weighted by Crippen LogP contribution is -2.48. The van der Waals surface area contributed by atoms with Crippen molar-refractivity contribution in [2.75, 3.05) is 13.1 Å². The van der Waals surface area contributed by atoms with Gasteiger partial charge in [0.1, 0.15) is 17.6 Å². The molecule has 1 aliphatic rings. The van der Waals surface area contributed by atoms with Crippen molar-refractivity contribution in [2.45, 2.75) is 32.2 Å². The van der Waals surface area contributed by atoms with Gasteiger partial charge in [0.25, 0.3) is 12.5 Å². The molecule has 1 aliphatic heterocycles. The van der Waals surface area contributed by atoms with Crippen molar-refractivity contribution in [2.24, 2.45) is 5.92 Å². The minimum absolute atomic E-state index is 0.0552. The molecule has 1 aromatic carbocycles. The Balaban J connectivity index is 1.55. The van der Waals surface area contributed by atoms with Crippen molar-refractivity contribution < 1.29 is 27.9 Å². The molecule has 0 spiro atoms. The van der Waals surface area contributed by atoms with Crippen molar-refractivity contribution in [1.29, 1.82) is 0 Å². The molecule has 134 valence electrons. The topological polar surface area (TPSA) is 73.3 Å². The second kappa shape index (κ2) is 7.58. The van der Waals surface area contributed by atoms with Gasteiger partial charge in [0.2, 0.25) is 6.20 Å². The van der Waals surface area contributed by atoms with E-state index >= 15 is 0 Å². The largest absolute Gasteiger partial charge is 0.539 e. The summed E-state index contributed by atoms with van der Waals surface area (Å²) in [6.07, 6.45) is 3.81. The van der Waals surface area contributed by atoms with E-state index in [0.717, 1.165) is 19.0 Å². The van der Waals surface area contributed by atoms with E-state index < -0.39 is 17.6 Å². The van der Waals surface area contributed by atoms with Crippen LogP contribution >= 0.6 is 0 Å². The van der Waals surface area contributed by atoms with Gasteiger partial charge >= 0.3 is 0 Å². The number of carbonyl (C=O) groups excluding carboxylic acids is 1. The summed E-state index contributed by atoms with van der Waals surface area (Å²) in [6, 6.07) is 3.87. The summed E-state index contributed by atoms with van der Waals surface area (Å²) in [4.78, 5) is 14.0. The van der Waals surface area contributed by atoms with Crippen LogP contribution in [0.4, 0.5) is 8.78 Å². The fourth-order valence-corrected chi connectivity index (χ4v) is 3.22. The number of hydrogen-bond acceptors (Lipinski definition) is 4. The molecule has 6 nitrogen and oxygen atoms in total. The minimum atomic E-state index is -0.601. The van der Waals surface area contributed by atoms with Gasteiger partial charge in [0.05, 0.1) is 5.27 Å². The molecule has 1 saturated heterocycles. The van der Waals surface area contributed by atoms with E-state index in [1.807, 2.05) is 0 Å². The van der Waals surface area contributed by atoms with Crippen LogP contribution in [0.15, 0.2) is 28.9 Å². The van der Waals surface area contributed by atoms with Crippen molar-refractivity contribution in [3.05, 3.63) is 41.6 Å². The summed E-state index contributed by atoms with van der Waals surface area (Å²) in [6.45, 7) is 1.12. The van der Waals surface area contributed by atoms with Crippen LogP contribution in [0.25, 0.3) is 0 Å². The van der Waals surface area contributed by atoms with E-state index in [9.17, 15) is 18.7 Å². The van der Waals surface area contributed by atoms with Crippen molar-refractivity contribution in [3.63, 3.8) is 0 Å². The monoisotopic (exact) mass is 351 g/mol. The number of piperidine rings is 1. The van der Waals surface area contributed by atoms with Gasteiger partial charge in [-0.1, -0.05) is 10.7 Å². The van der Waals surface area contributed by atoms with Crippen LogP contribution in [0, 0.1) is 17.6 Å². The van der Waals surface area contributed by atoms with Gasteiger partial charge in [-0.05, 0) is 43.7 Å². The smallest absolute Gasteiger partial charge is 0.291 e. The summed E-state index contributed by atoms with van der Waals surface area (Å²) in [7, 11) is 0. The molecule has 0 radical (unpaired) electrons. The van der Waals surface area contributed by atoms with Crippen molar-refractivity contribution in [3.8, 4) is 5.95 Å². The SMILES string of the molecule is O=C(C[n+]1cc([O-])on1)N1CCCC(CCc2c(F)cccc2F)C1. The Morgan fingerprint density at radius 1 is 1.40 bits per heavy atom. The minimum Gasteiger partial charge on any atom is -0.539 e. The summed E-state index contributed by atoms with van der Waals surface area (Å²) in [5.74, 6) is -1.62. The fraction of sp³-hybridized carbons (Fsp3) is 0.471. The van der Waals surface area contributed by atoms with Crippen LogP contribution in [0.1, 0.15) is 24.8 Å². The number of benzene rings is 1. The zero-order valence-corrected chi connectivity index (χ0v) is 13.7. The number of carbonyl (C=O) groups is 1. The lowest BCUT2D eigenvalue weighted by Gasteiger charge is -2.32. The Bertz CT molecular complexity index is 730. The average Bonchev–Trinajstić information content (AvgIpc) is 2.99. The quantitative estimate of drug-likeness (QED) is 0.759. The fourth-order valence-electron chi connectivity index (χ4n) is 3.22. The highest BCUT2D eigenvalue weighted by Crippen LogP contribution is 2.23. The Morgan fingerprint density at radius 3 is 2.84 bits per heavy atom. The molecule has 1 amide bonds. The molecule has 3 rings (SSSR count). The molecule has 1 aromatic heterocycles. The predicted molar refractivity (Wildman–Crippen MR) is 80.1 cm³/mol. The molecule has 1 fully saturated rings. The van der Waals surface area contributed by atoms with E-state index in [1.54, 1.807) is 4.90 Å². The Kier molecular flexibility index (Phi) is 5.25. The number of likely N-dealkylation sites (tertiary alicyclic amines) is 1. The number of halogens is 2. The molecule has 2 aromatic rings. The number of hydrogen-bond donors (Lipinski definition) is 0. The molecule has 1 atom stereocenters. The number of nitrogens with zero attached hydrogens (tertiary/aromatic N) is 3. The number of amides is 1.